The van der Waals surface area contributed by atoms with Crippen LogP contribution in [0, 0.1) is 33.8 Å². The molecule has 714 valence electrons. The van der Waals surface area contributed by atoms with Gasteiger partial charge in [-0.2, -0.15) is 4.98 Å². The monoisotopic (exact) mass is 2180 g/mol. The number of pyridine rings is 2. The fourth-order valence-corrected chi connectivity index (χ4v) is 25.6. The molecule has 2 aromatic heterocycles. The number of hydrogen-bond acceptors (Lipinski definition) is 11. The van der Waals surface area contributed by atoms with E-state index in [1.165, 1.54) is 104 Å². The largest absolute Gasteiger partial charge is 1.00 e. The van der Waals surface area contributed by atoms with Crippen LogP contribution in [0.15, 0.2) is 497 Å². The molecule has 0 fully saturated rings. The maximum atomic E-state index is 12.4. The second-order valence-corrected chi connectivity index (χ2v) is 42.0. The van der Waals surface area contributed by atoms with Crippen molar-refractivity contribution in [3.05, 3.63) is 548 Å². The van der Waals surface area contributed by atoms with Crippen LogP contribution in [-0.4, -0.2) is 58.8 Å². The van der Waals surface area contributed by atoms with Crippen molar-refractivity contribution in [3.63, 3.8) is 0 Å². The number of nitrogens with zero attached hydrogens (tertiary/aromatic N) is 2. The first kappa shape index (κ1) is 116. The molecule has 11 nitrogen and oxygen atoms in total. The first-order valence-electron chi connectivity index (χ1n) is 46.5. The zero-order valence-corrected chi connectivity index (χ0v) is 95.1. The van der Waals surface area contributed by atoms with E-state index >= 15 is 0 Å². The molecule has 145 heavy (non-hydrogen) atoms. The average molecular weight is 2180 g/mol. The van der Waals surface area contributed by atoms with Crippen LogP contribution in [-0.2, 0) is 39.6 Å². The molecule has 2 heterocycles. The summed E-state index contributed by atoms with van der Waals surface area (Å²) in [5, 5.41) is 44.2. The molecule has 0 spiro atoms. The van der Waals surface area contributed by atoms with Gasteiger partial charge >= 0.3 is 122 Å². The summed E-state index contributed by atoms with van der Waals surface area (Å²) in [5.74, 6) is -0.851. The Morgan fingerprint density at radius 3 is 0.903 bits per heavy atom. The van der Waals surface area contributed by atoms with Crippen molar-refractivity contribution < 1.29 is 169 Å². The van der Waals surface area contributed by atoms with E-state index in [2.05, 4.69) is 473 Å². The smallest absolute Gasteiger partial charge is 1.00 e. The van der Waals surface area contributed by atoms with Gasteiger partial charge in [-0.25, -0.2) is 14.6 Å². The van der Waals surface area contributed by atoms with Gasteiger partial charge in [-0.15, -0.1) is 0 Å². The summed E-state index contributed by atoms with van der Waals surface area (Å²) in [4.78, 5) is 44.7. The Hall–Kier alpha value is -10.8. The number of allylic oxidation sites excluding steroid dienone is 2. The third-order valence-corrected chi connectivity index (χ3v) is 32.5. The van der Waals surface area contributed by atoms with Gasteiger partial charge in [-0.05, 0) is 214 Å². The quantitative estimate of drug-likeness (QED) is 0.0134. The second-order valence-electron chi connectivity index (χ2n) is 32.3. The van der Waals surface area contributed by atoms with E-state index < -0.39 is 44.8 Å². The fraction of sp³-hybridized carbons (Fsp3) is 0.0640. The van der Waals surface area contributed by atoms with E-state index in [9.17, 15) is 9.59 Å². The van der Waals surface area contributed by atoms with Crippen LogP contribution in [0.4, 0.5) is 0 Å². The van der Waals surface area contributed by atoms with Crippen molar-refractivity contribution in [2.24, 2.45) is 0 Å². The van der Waals surface area contributed by atoms with Crippen molar-refractivity contribution in [2.75, 3.05) is 13.2 Å². The van der Waals surface area contributed by atoms with Crippen LogP contribution in [0.25, 0.3) is 55.1 Å². The van der Waals surface area contributed by atoms with Crippen LogP contribution >= 0.6 is 47.6 Å². The Balaban J connectivity index is 0.000000189. The molecule has 0 amide bonds. The number of carbonyl (C=O) groups is 3. The van der Waals surface area contributed by atoms with Crippen LogP contribution in [0.2, 0.25) is 0 Å². The predicted molar refractivity (Wildman–Crippen MR) is 603 cm³/mol. The third-order valence-electron chi connectivity index (χ3n) is 22.0. The van der Waals surface area contributed by atoms with Crippen LogP contribution in [0.3, 0.4) is 0 Å². The van der Waals surface area contributed by atoms with E-state index in [1.807, 2.05) is 67.6 Å². The number of ether oxygens (including phenoxy) is 2. The summed E-state index contributed by atoms with van der Waals surface area (Å²) < 4.78 is 11.0. The number of aryl methyl sites for hydroxylation is 4. The molecule has 20 rings (SSSR count). The molecule has 0 saturated carbocycles. The number of hydrogen-bond donors (Lipinski definition) is 2. The number of rotatable bonds is 21. The van der Waals surface area contributed by atoms with E-state index in [-0.39, 0.29) is 155 Å². The summed E-state index contributed by atoms with van der Waals surface area (Å²) in [5.41, 5.74) is 14.9. The molecule has 1 aliphatic carbocycles. The first-order chi connectivity index (χ1) is 69.6. The Morgan fingerprint density at radius 2 is 0.607 bits per heavy atom. The van der Waals surface area contributed by atoms with Gasteiger partial charge in [0.05, 0.1) is 41.2 Å². The molecular formula is C125H109BBrK2N2O9P4Pd+. The molecule has 17 aromatic carbocycles. The van der Waals surface area contributed by atoms with E-state index in [4.69, 9.17) is 39.5 Å². The zero-order chi connectivity index (χ0) is 99.4. The molecule has 19 aromatic rings. The topological polar surface area (TPSA) is 168 Å². The number of carbonyl (C=O) groups excluding carboxylic acids is 3. The molecular weight excluding hydrogens is 2070 g/mol. The predicted octanol–water partition coefficient (Wildman–Crippen LogP) is 17.2. The third kappa shape index (κ3) is 34.9. The minimum absolute atomic E-state index is 0. The molecule has 20 heteroatoms. The number of halogens is 1. The standard InChI is InChI=1S/C26H23NO2.4C18H15P.C17H13BrN.C9H11BO4.CH2O3.2K.Pd.H/c1-4-29-26(28)23-9-6-5-8-21(23)20-10-7-11-25-22(20)12-13-24(27-25)19-15-17(2)14-18(3)16-19;4*1-4-10-16(11-5-1)19(17-12-6-2-7-13-17)18-14-8-3-9-15-18;1-11-8-12(2)10-13(9-11)16-7-6-14-15(18)4-3-5-17(14)19-16;1-2-14-9(11)7-5-3-4-6-8(7)10(12)13;2-1-4-3;;;;/h5-16H,4H2,1-3H3;4*1-15H;4-10H,1-2H3;3-6,12-13H,2H2,1H3;1,3H;;;;/q;;;;;+1;;;2*+1;;-1/p-1. The first-order valence-corrected chi connectivity index (χ1v) is 52.7. The fourth-order valence-electron chi connectivity index (χ4n) is 16.0. The number of fused-ring (bicyclic) bond motifs is 2. The Kier molecular flexibility index (Phi) is 50.4. The summed E-state index contributed by atoms with van der Waals surface area (Å²) in [6.45, 7) is 12.4. The van der Waals surface area contributed by atoms with Gasteiger partial charge in [0.1, 0.15) is 22.2 Å². The Morgan fingerprint density at radius 1 is 0.345 bits per heavy atom. The average Bonchev–Trinajstić information content (AvgIpc) is 0.772. The number of esters is 2. The summed E-state index contributed by atoms with van der Waals surface area (Å²) >= 11 is 3.53. The van der Waals surface area contributed by atoms with Gasteiger partial charge in [0.15, 0.2) is 5.69 Å². The maximum Gasteiger partial charge on any atom is 1.00 e. The van der Waals surface area contributed by atoms with Gasteiger partial charge in [0.2, 0.25) is 0 Å². The minimum atomic E-state index is -1.66. The van der Waals surface area contributed by atoms with E-state index in [0.717, 1.165) is 54.7 Å². The molecule has 0 bridgehead atoms. The van der Waals surface area contributed by atoms with Crippen molar-refractivity contribution in [3.8, 4) is 33.6 Å². The molecule has 0 unspecified atom stereocenters. The molecule has 1 aliphatic rings. The SMILES string of the molecule is CCOC(=O)c1ccccc1-c1cccc2nc(-c3cc(C)cc(C)c3)ccc12.CCOC(=O)c1ccccc1B(O)O.Cc1cc(C)cc(-c2ccc3c(n2)C=[C+]C=C3Br)c1.O=CO[O-].[H-].[K+].[K+].[Pd].c1ccc(P(c2ccccc2)c2ccccc2)cc1.c1ccc(P(c2ccccc2)c2ccccc2)cc1.c1ccc(P(c2ccccc2)c2ccccc2)cc1.c1ccc(P(c2ccccc2)c2ccccc2)cc1. The van der Waals surface area contributed by atoms with Crippen molar-refractivity contribution >= 4 is 164 Å². The van der Waals surface area contributed by atoms with Gasteiger partial charge in [0, 0.05) is 58.9 Å². The zero-order valence-electron chi connectivity index (χ0n) is 83.1. The second kappa shape index (κ2) is 63.0. The molecule has 0 atom stereocenters. The summed E-state index contributed by atoms with van der Waals surface area (Å²) in [6.07, 6.45) is 6.94. The summed E-state index contributed by atoms with van der Waals surface area (Å²) in [6, 6.07) is 170. The maximum absolute atomic E-state index is 12.4. The van der Waals surface area contributed by atoms with Gasteiger partial charge < -0.3 is 31.1 Å². The number of benzene rings is 17. The molecule has 0 saturated heterocycles. The van der Waals surface area contributed by atoms with Gasteiger partial charge in [0.25, 0.3) is 6.47 Å². The molecule has 0 aliphatic heterocycles. The minimum Gasteiger partial charge on any atom is -1.00 e. The van der Waals surface area contributed by atoms with E-state index in [1.54, 1.807) is 19.1 Å². The van der Waals surface area contributed by atoms with Gasteiger partial charge in [-0.1, -0.05) is 453 Å². The van der Waals surface area contributed by atoms with Gasteiger partial charge in [-0.3, -0.25) is 4.79 Å². The van der Waals surface area contributed by atoms with Crippen LogP contribution in [0.1, 0.15) is 69.5 Å². The van der Waals surface area contributed by atoms with Crippen molar-refractivity contribution in [2.45, 2.75) is 41.5 Å². The molecule has 2 N–H and O–H groups in total. The van der Waals surface area contributed by atoms with E-state index in [0.29, 0.717) is 12.2 Å². The summed E-state index contributed by atoms with van der Waals surface area (Å²) in [7, 11) is -3.44. The number of aromatic nitrogens is 2. The Bertz CT molecular complexity index is 6330. The Labute approximate surface area is 967 Å². The van der Waals surface area contributed by atoms with Crippen molar-refractivity contribution in [1.29, 1.82) is 0 Å². The molecule has 0 radical (unpaired) electrons. The van der Waals surface area contributed by atoms with Crippen molar-refractivity contribution in [1.82, 2.24) is 9.97 Å². The normalized spacial score (nSPS) is 10.5. The van der Waals surface area contributed by atoms with Crippen LogP contribution < -0.4 is 177 Å². The van der Waals surface area contributed by atoms with Crippen LogP contribution in [0.5, 0.6) is 0 Å².